The van der Waals surface area contributed by atoms with Gasteiger partial charge in [-0.25, -0.2) is 4.79 Å². The predicted octanol–water partition coefficient (Wildman–Crippen LogP) is 4.88. The van der Waals surface area contributed by atoms with E-state index in [9.17, 15) is 9.59 Å². The Morgan fingerprint density at radius 3 is 2.38 bits per heavy atom. The van der Waals surface area contributed by atoms with E-state index in [1.807, 2.05) is 30.3 Å². The summed E-state index contributed by atoms with van der Waals surface area (Å²) in [4.78, 5) is 27.0. The van der Waals surface area contributed by atoms with Crippen LogP contribution in [0.5, 0.6) is 17.2 Å². The second kappa shape index (κ2) is 14.0. The molecule has 0 radical (unpaired) electrons. The first-order valence-electron chi connectivity index (χ1n) is 13.7. The van der Waals surface area contributed by atoms with Gasteiger partial charge in [0, 0.05) is 13.2 Å². The first kappa shape index (κ1) is 31.2. The molecule has 42 heavy (non-hydrogen) atoms. The average Bonchev–Trinajstić information content (AvgIpc) is 3.29. The van der Waals surface area contributed by atoms with Gasteiger partial charge >= 0.3 is 5.97 Å². The Labute approximate surface area is 246 Å². The van der Waals surface area contributed by atoms with Gasteiger partial charge in [-0.15, -0.1) is 0 Å². The van der Waals surface area contributed by atoms with Gasteiger partial charge in [-0.1, -0.05) is 24.3 Å². The highest BCUT2D eigenvalue weighted by molar-refractivity contribution is 5.97. The molecule has 0 aromatic heterocycles. The number of carbonyl (C=O) groups is 2. The number of hydrogen-bond acceptors (Lipinski definition) is 10. The average molecular weight is 583 g/mol. The molecule has 0 aliphatic carbocycles. The molecule has 0 bridgehead atoms. The number of methoxy groups -OCH3 is 3. The van der Waals surface area contributed by atoms with Crippen LogP contribution in [0, 0.1) is 0 Å². The number of ketones is 1. The van der Waals surface area contributed by atoms with E-state index in [1.165, 1.54) is 20.3 Å². The summed E-state index contributed by atoms with van der Waals surface area (Å²) in [6.45, 7) is 5.35. The number of carbonyl (C=O) groups excluding carboxylic acids is 2. The molecule has 0 spiro atoms. The smallest absolute Gasteiger partial charge is 0.342 e. The number of fused-ring (bicyclic) bond motifs is 2. The molecule has 4 rings (SSSR count). The molecule has 10 heteroatoms. The molecule has 10 nitrogen and oxygen atoms in total. The van der Waals surface area contributed by atoms with Crippen LogP contribution in [-0.2, 0) is 35.1 Å². The van der Waals surface area contributed by atoms with Crippen LogP contribution in [0.2, 0.25) is 0 Å². The minimum atomic E-state index is -0.945. The van der Waals surface area contributed by atoms with Crippen LogP contribution >= 0.6 is 0 Å². The number of benzene rings is 2. The summed E-state index contributed by atoms with van der Waals surface area (Å²) >= 11 is 0. The molecule has 2 heterocycles. The van der Waals surface area contributed by atoms with Crippen LogP contribution < -0.4 is 14.2 Å². The van der Waals surface area contributed by atoms with Crippen LogP contribution in [0.4, 0.5) is 0 Å². The fourth-order valence-electron chi connectivity index (χ4n) is 4.73. The maximum Gasteiger partial charge on any atom is 0.342 e. The lowest BCUT2D eigenvalue weighted by molar-refractivity contribution is -0.152. The topological polar surface area (TPSA) is 108 Å². The first-order chi connectivity index (χ1) is 20.1. The van der Waals surface area contributed by atoms with Crippen molar-refractivity contribution in [3.63, 3.8) is 0 Å². The van der Waals surface area contributed by atoms with Gasteiger partial charge in [-0.05, 0) is 68.7 Å². The highest BCUT2D eigenvalue weighted by Gasteiger charge is 2.43. The molecule has 2 aromatic rings. The zero-order valence-corrected chi connectivity index (χ0v) is 24.8. The summed E-state index contributed by atoms with van der Waals surface area (Å²) in [5.74, 6) is -0.419. The lowest BCUT2D eigenvalue weighted by Gasteiger charge is -2.24. The Kier molecular flexibility index (Phi) is 10.4. The van der Waals surface area contributed by atoms with E-state index < -0.39 is 36.2 Å². The van der Waals surface area contributed by atoms with Crippen LogP contribution in [0.15, 0.2) is 54.6 Å². The van der Waals surface area contributed by atoms with Crippen molar-refractivity contribution in [1.82, 2.24) is 0 Å². The Morgan fingerprint density at radius 2 is 1.69 bits per heavy atom. The highest BCUT2D eigenvalue weighted by atomic mass is 16.8. The van der Waals surface area contributed by atoms with E-state index in [-0.39, 0.29) is 30.5 Å². The second-order valence-electron chi connectivity index (χ2n) is 10.4. The van der Waals surface area contributed by atoms with Crippen molar-refractivity contribution < 1.29 is 47.5 Å². The highest BCUT2D eigenvalue weighted by Crippen LogP contribution is 2.34. The Bertz CT molecular complexity index is 1300. The molecule has 1 fully saturated rings. The Hall–Kier alpha value is -3.70. The molecule has 0 unspecified atom stereocenters. The van der Waals surface area contributed by atoms with E-state index in [1.54, 1.807) is 52.2 Å². The van der Waals surface area contributed by atoms with Crippen molar-refractivity contribution in [1.29, 1.82) is 0 Å². The zero-order chi connectivity index (χ0) is 30.3. The summed E-state index contributed by atoms with van der Waals surface area (Å²) in [6.07, 6.45) is 4.00. The van der Waals surface area contributed by atoms with Crippen molar-refractivity contribution in [2.75, 3.05) is 28.1 Å². The molecule has 0 N–H and O–H groups in total. The summed E-state index contributed by atoms with van der Waals surface area (Å²) in [5, 5.41) is 0. The maximum absolute atomic E-state index is 13.7. The van der Waals surface area contributed by atoms with Crippen molar-refractivity contribution in [3.05, 3.63) is 71.3 Å². The number of rotatable bonds is 8. The van der Waals surface area contributed by atoms with Crippen molar-refractivity contribution in [3.8, 4) is 17.2 Å². The van der Waals surface area contributed by atoms with E-state index in [2.05, 4.69) is 0 Å². The molecule has 4 atom stereocenters. The van der Waals surface area contributed by atoms with E-state index in [4.69, 9.17) is 37.9 Å². The van der Waals surface area contributed by atoms with Crippen LogP contribution in [0.1, 0.15) is 48.7 Å². The van der Waals surface area contributed by atoms with Gasteiger partial charge < -0.3 is 37.9 Å². The molecule has 226 valence electrons. The fraction of sp³-hybridized carbons (Fsp3) is 0.438. The molecule has 0 saturated carbocycles. The SMILES string of the molecule is COCOc1cc(OC)cc2c1C(=O)O[C@@H](C)[C@H](OCc1ccc(OC)cc1)/C=C\C(=O)[C@H]1OC(C)(C)O[C@H]1C/C=C/2. The first-order valence-corrected chi connectivity index (χ1v) is 13.7. The van der Waals surface area contributed by atoms with Gasteiger partial charge in [0.1, 0.15) is 41.1 Å². The third-order valence-corrected chi connectivity index (χ3v) is 6.82. The predicted molar refractivity (Wildman–Crippen MR) is 154 cm³/mol. The van der Waals surface area contributed by atoms with Gasteiger partial charge in [0.25, 0.3) is 0 Å². The van der Waals surface area contributed by atoms with Gasteiger partial charge in [-0.3, -0.25) is 4.79 Å². The standard InChI is InChI=1S/C32H38O10/c1-20-26(38-18-21-10-12-23(36-5)13-11-21)15-14-25(33)30-27(41-32(2,3)42-30)9-7-8-22-16-24(37-6)17-28(39-19-35-4)29(22)31(34)40-20/h7-8,10-17,20,26-27,30H,9,18-19H2,1-6H3/b8-7+,15-14-/t20-,26+,27-,30+/m0/s1. The normalized spacial score (nSPS) is 25.4. The van der Waals surface area contributed by atoms with Crippen molar-refractivity contribution in [2.45, 2.75) is 64.0 Å². The number of esters is 1. The van der Waals surface area contributed by atoms with Crippen LogP contribution in [0.3, 0.4) is 0 Å². The summed E-state index contributed by atoms with van der Waals surface area (Å²) < 4.78 is 45.6. The van der Waals surface area contributed by atoms with Crippen LogP contribution in [0.25, 0.3) is 6.08 Å². The van der Waals surface area contributed by atoms with E-state index in [0.29, 0.717) is 17.7 Å². The molecule has 1 saturated heterocycles. The maximum atomic E-state index is 13.7. The zero-order valence-electron chi connectivity index (χ0n) is 24.8. The molecular weight excluding hydrogens is 544 g/mol. The summed E-state index contributed by atoms with van der Waals surface area (Å²) in [6, 6.07) is 10.7. The Morgan fingerprint density at radius 1 is 0.952 bits per heavy atom. The quantitative estimate of drug-likeness (QED) is 0.316. The monoisotopic (exact) mass is 582 g/mol. The molecule has 2 aromatic carbocycles. The molecule has 0 amide bonds. The molecule has 2 aliphatic heterocycles. The fourth-order valence-corrected chi connectivity index (χ4v) is 4.73. The largest absolute Gasteiger partial charge is 0.497 e. The van der Waals surface area contributed by atoms with E-state index in [0.717, 1.165) is 11.3 Å². The van der Waals surface area contributed by atoms with E-state index >= 15 is 0 Å². The van der Waals surface area contributed by atoms with Gasteiger partial charge in [0.15, 0.2) is 18.4 Å². The third-order valence-electron chi connectivity index (χ3n) is 6.82. The number of cyclic esters (lactones) is 1. The number of hydrogen-bond donors (Lipinski definition) is 0. The van der Waals surface area contributed by atoms with Crippen LogP contribution in [-0.4, -0.2) is 70.1 Å². The van der Waals surface area contributed by atoms with Gasteiger partial charge in [0.05, 0.1) is 26.9 Å². The van der Waals surface area contributed by atoms with Crippen molar-refractivity contribution in [2.24, 2.45) is 0 Å². The lowest BCUT2D eigenvalue weighted by Crippen LogP contribution is -2.33. The molecular formula is C32H38O10. The second-order valence-corrected chi connectivity index (χ2v) is 10.4. The summed E-state index contributed by atoms with van der Waals surface area (Å²) in [7, 11) is 4.60. The third kappa shape index (κ3) is 7.77. The summed E-state index contributed by atoms with van der Waals surface area (Å²) in [5.41, 5.74) is 1.57. The Balaban J connectivity index is 1.72. The van der Waals surface area contributed by atoms with Crippen molar-refractivity contribution >= 4 is 17.8 Å². The van der Waals surface area contributed by atoms with Gasteiger partial charge in [0.2, 0.25) is 0 Å². The minimum absolute atomic E-state index is 0.0887. The minimum Gasteiger partial charge on any atom is -0.497 e. The molecule has 2 aliphatic rings. The lowest BCUT2D eigenvalue weighted by atomic mass is 10.0. The number of ether oxygens (including phenoxy) is 8. The van der Waals surface area contributed by atoms with Gasteiger partial charge in [-0.2, -0.15) is 0 Å².